The summed E-state index contributed by atoms with van der Waals surface area (Å²) in [6, 6.07) is 11.8. The van der Waals surface area contributed by atoms with Crippen molar-refractivity contribution < 1.29 is 23.5 Å². The van der Waals surface area contributed by atoms with Gasteiger partial charge in [0.15, 0.2) is 5.76 Å². The first-order valence-corrected chi connectivity index (χ1v) is 10.4. The van der Waals surface area contributed by atoms with Crippen LogP contribution in [0.4, 0.5) is 4.39 Å². The number of carbonyl (C=O) groups excluding carboxylic acids is 2. The van der Waals surface area contributed by atoms with E-state index in [2.05, 4.69) is 4.98 Å². The lowest BCUT2D eigenvalue weighted by Gasteiger charge is -2.24. The van der Waals surface area contributed by atoms with E-state index in [1.54, 1.807) is 35.7 Å². The third-order valence-corrected chi connectivity index (χ3v) is 5.95. The first-order valence-electron chi connectivity index (χ1n) is 10.4. The molecule has 1 aliphatic rings. The molecule has 1 N–H and O–H groups in total. The van der Waals surface area contributed by atoms with Gasteiger partial charge < -0.3 is 18.8 Å². The number of aromatic nitrogens is 2. The van der Waals surface area contributed by atoms with Crippen LogP contribution in [0.1, 0.15) is 34.3 Å². The molecule has 1 atom stereocenters. The Morgan fingerprint density at radius 2 is 1.91 bits per heavy atom. The Bertz CT molecular complexity index is 1440. The van der Waals surface area contributed by atoms with E-state index < -0.39 is 29.3 Å². The van der Waals surface area contributed by atoms with E-state index in [4.69, 9.17) is 4.42 Å². The molecule has 4 aromatic rings. The molecule has 1 amide bonds. The zero-order chi connectivity index (χ0) is 23.3. The molecule has 5 rings (SSSR count). The molecule has 166 valence electrons. The minimum Gasteiger partial charge on any atom is -0.505 e. The van der Waals surface area contributed by atoms with Crippen molar-refractivity contribution in [2.75, 3.05) is 0 Å². The third kappa shape index (κ3) is 3.22. The highest BCUT2D eigenvalue weighted by molar-refractivity contribution is 6.46. The van der Waals surface area contributed by atoms with E-state index in [9.17, 15) is 19.1 Å². The van der Waals surface area contributed by atoms with Crippen molar-refractivity contribution in [3.63, 3.8) is 0 Å². The Balaban J connectivity index is 1.74. The van der Waals surface area contributed by atoms with Crippen molar-refractivity contribution in [1.82, 2.24) is 14.3 Å². The standard InChI is InChI=1S/C25H20FN3O4/c1-14-7-5-11-28-15(2)20(27-24(14)28)22(30)19-21(17-9-3-4-10-18(17)26)29(25(32)23(19)31)13-16-8-6-12-33-16/h3-12,21,30H,13H2,1-2H3. The van der Waals surface area contributed by atoms with Gasteiger partial charge >= 0.3 is 0 Å². The highest BCUT2D eigenvalue weighted by Crippen LogP contribution is 2.41. The second kappa shape index (κ2) is 7.74. The van der Waals surface area contributed by atoms with Gasteiger partial charge in [0.1, 0.15) is 22.9 Å². The first kappa shape index (κ1) is 20.7. The Kier molecular flexibility index (Phi) is 4.85. The average molecular weight is 445 g/mol. The maximum Gasteiger partial charge on any atom is 0.296 e. The number of likely N-dealkylation sites (tertiary alicyclic amines) is 1. The van der Waals surface area contributed by atoms with Gasteiger partial charge in [-0.25, -0.2) is 9.37 Å². The largest absolute Gasteiger partial charge is 0.505 e. The molecule has 1 aliphatic heterocycles. The highest BCUT2D eigenvalue weighted by Gasteiger charge is 2.47. The smallest absolute Gasteiger partial charge is 0.296 e. The van der Waals surface area contributed by atoms with Gasteiger partial charge in [0.25, 0.3) is 11.7 Å². The van der Waals surface area contributed by atoms with E-state index in [1.807, 2.05) is 19.1 Å². The van der Waals surface area contributed by atoms with Gasteiger partial charge in [0.2, 0.25) is 0 Å². The number of aliphatic hydroxyl groups excluding tert-OH is 1. The molecule has 7 nitrogen and oxygen atoms in total. The molecule has 1 saturated heterocycles. The monoisotopic (exact) mass is 445 g/mol. The minimum atomic E-state index is -1.14. The van der Waals surface area contributed by atoms with Gasteiger partial charge in [-0.2, -0.15) is 0 Å². The summed E-state index contributed by atoms with van der Waals surface area (Å²) in [6.07, 6.45) is 3.25. The molecule has 3 aromatic heterocycles. The van der Waals surface area contributed by atoms with E-state index in [-0.39, 0.29) is 23.4 Å². The molecule has 1 fully saturated rings. The number of Topliss-reactive ketones (excluding diaryl/α,β-unsaturated/α-hetero) is 1. The third-order valence-electron chi connectivity index (χ3n) is 5.95. The van der Waals surface area contributed by atoms with Crippen molar-refractivity contribution in [3.05, 3.63) is 101 Å². The molecule has 1 aromatic carbocycles. The molecule has 1 unspecified atom stereocenters. The van der Waals surface area contributed by atoms with Gasteiger partial charge in [0.05, 0.1) is 30.1 Å². The number of imidazole rings is 1. The molecule has 0 radical (unpaired) electrons. The number of hydrogen-bond donors (Lipinski definition) is 1. The molecular formula is C25H20FN3O4. The van der Waals surface area contributed by atoms with Gasteiger partial charge in [-0.15, -0.1) is 0 Å². The molecule has 8 heteroatoms. The van der Waals surface area contributed by atoms with Crippen molar-refractivity contribution in [3.8, 4) is 0 Å². The van der Waals surface area contributed by atoms with Crippen LogP contribution in [-0.2, 0) is 16.1 Å². The molecule has 0 aliphatic carbocycles. The first-order chi connectivity index (χ1) is 15.9. The number of aryl methyl sites for hydroxylation is 2. The van der Waals surface area contributed by atoms with Gasteiger partial charge in [-0.3, -0.25) is 9.59 Å². The van der Waals surface area contributed by atoms with Crippen molar-refractivity contribution in [1.29, 1.82) is 0 Å². The molecule has 4 heterocycles. The number of aliphatic hydroxyl groups is 1. The van der Waals surface area contributed by atoms with Crippen molar-refractivity contribution in [2.24, 2.45) is 0 Å². The molecule has 0 saturated carbocycles. The summed E-state index contributed by atoms with van der Waals surface area (Å²) in [5.41, 5.74) is 2.15. The summed E-state index contributed by atoms with van der Waals surface area (Å²) < 4.78 is 22.0. The zero-order valence-electron chi connectivity index (χ0n) is 17.9. The number of nitrogens with zero attached hydrogens (tertiary/aromatic N) is 3. The number of rotatable bonds is 4. The molecular weight excluding hydrogens is 425 g/mol. The quantitative estimate of drug-likeness (QED) is 0.287. The number of hydrogen-bond acceptors (Lipinski definition) is 5. The van der Waals surface area contributed by atoms with Crippen molar-refractivity contribution in [2.45, 2.75) is 26.4 Å². The summed E-state index contributed by atoms with van der Waals surface area (Å²) in [5, 5.41) is 11.3. The SMILES string of the molecule is Cc1cccn2c(C)c(C(O)=C3C(=O)C(=O)N(Cc4ccco4)C3c3ccccc3F)nc12. The van der Waals surface area contributed by atoms with Crippen LogP contribution in [0, 0.1) is 19.7 Å². The summed E-state index contributed by atoms with van der Waals surface area (Å²) in [4.78, 5) is 31.9. The second-order valence-corrected chi connectivity index (χ2v) is 7.96. The summed E-state index contributed by atoms with van der Waals surface area (Å²) in [7, 11) is 0. The summed E-state index contributed by atoms with van der Waals surface area (Å²) >= 11 is 0. The van der Waals surface area contributed by atoms with Crippen LogP contribution < -0.4 is 0 Å². The molecule has 0 bridgehead atoms. The van der Waals surface area contributed by atoms with Crippen LogP contribution in [0.3, 0.4) is 0 Å². The van der Waals surface area contributed by atoms with E-state index >= 15 is 0 Å². The number of ketones is 1. The van der Waals surface area contributed by atoms with Crippen LogP contribution >= 0.6 is 0 Å². The van der Waals surface area contributed by atoms with Gasteiger partial charge in [-0.05, 0) is 43.7 Å². The fourth-order valence-electron chi connectivity index (χ4n) is 4.31. The van der Waals surface area contributed by atoms with Crippen molar-refractivity contribution >= 4 is 23.1 Å². The van der Waals surface area contributed by atoms with Crippen LogP contribution in [0.2, 0.25) is 0 Å². The second-order valence-electron chi connectivity index (χ2n) is 7.96. The Hall–Kier alpha value is -4.20. The highest BCUT2D eigenvalue weighted by atomic mass is 19.1. The van der Waals surface area contributed by atoms with E-state index in [1.165, 1.54) is 29.4 Å². The maximum absolute atomic E-state index is 14.9. The van der Waals surface area contributed by atoms with Crippen LogP contribution in [0.15, 0.2) is 71.0 Å². The van der Waals surface area contributed by atoms with Gasteiger partial charge in [0, 0.05) is 11.8 Å². The predicted octanol–water partition coefficient (Wildman–Crippen LogP) is 4.31. The van der Waals surface area contributed by atoms with Gasteiger partial charge in [-0.1, -0.05) is 24.3 Å². The Morgan fingerprint density at radius 1 is 1.12 bits per heavy atom. The van der Waals surface area contributed by atoms with E-state index in [0.29, 0.717) is 17.1 Å². The number of furan rings is 1. The van der Waals surface area contributed by atoms with E-state index in [0.717, 1.165) is 5.56 Å². The lowest BCUT2D eigenvalue weighted by molar-refractivity contribution is -0.140. The number of pyridine rings is 1. The summed E-state index contributed by atoms with van der Waals surface area (Å²) in [6.45, 7) is 3.58. The Morgan fingerprint density at radius 3 is 2.61 bits per heavy atom. The molecule has 33 heavy (non-hydrogen) atoms. The summed E-state index contributed by atoms with van der Waals surface area (Å²) in [5.74, 6) is -2.36. The maximum atomic E-state index is 14.9. The normalized spacial score (nSPS) is 17.9. The molecule has 0 spiro atoms. The minimum absolute atomic E-state index is 0.0589. The van der Waals surface area contributed by atoms with Crippen LogP contribution in [0.25, 0.3) is 11.4 Å². The fraction of sp³-hybridized carbons (Fsp3) is 0.160. The number of benzene rings is 1. The number of fused-ring (bicyclic) bond motifs is 1. The fourth-order valence-corrected chi connectivity index (χ4v) is 4.31. The number of halogens is 1. The van der Waals surface area contributed by atoms with Crippen LogP contribution in [-0.4, -0.2) is 31.1 Å². The Labute approximate surface area is 188 Å². The predicted molar refractivity (Wildman–Crippen MR) is 118 cm³/mol. The number of amides is 1. The topological polar surface area (TPSA) is 88.0 Å². The lowest BCUT2D eigenvalue weighted by Crippen LogP contribution is -2.29. The number of carbonyl (C=O) groups is 2. The van der Waals surface area contributed by atoms with Crippen LogP contribution in [0.5, 0.6) is 0 Å². The zero-order valence-corrected chi connectivity index (χ0v) is 17.9. The average Bonchev–Trinajstić information content (AvgIpc) is 3.49. The lowest BCUT2D eigenvalue weighted by atomic mass is 9.96.